The zero-order chi connectivity index (χ0) is 13.1. The molecule has 0 radical (unpaired) electrons. The number of halogens is 1. The van der Waals surface area contributed by atoms with Crippen LogP contribution in [-0.2, 0) is 0 Å². The Hall–Kier alpha value is -1.62. The predicted octanol–water partition coefficient (Wildman–Crippen LogP) is 3.11. The smallest absolute Gasteiger partial charge is 0.409 e. The molecule has 0 aromatic heterocycles. The SMILES string of the molecule is NC(CCC1CC1)c1ccc(F)c(NC(=O)O)c1. The van der Waals surface area contributed by atoms with Gasteiger partial charge in [0, 0.05) is 6.04 Å². The van der Waals surface area contributed by atoms with Crippen LogP contribution < -0.4 is 11.1 Å². The van der Waals surface area contributed by atoms with E-state index in [1.165, 1.54) is 25.0 Å². The topological polar surface area (TPSA) is 75.3 Å². The molecule has 5 heteroatoms. The van der Waals surface area contributed by atoms with Crippen molar-refractivity contribution in [2.75, 3.05) is 5.32 Å². The van der Waals surface area contributed by atoms with E-state index >= 15 is 0 Å². The molecular formula is C13H17FN2O2. The molecule has 1 amide bonds. The van der Waals surface area contributed by atoms with Gasteiger partial charge in [-0.3, -0.25) is 5.32 Å². The molecule has 18 heavy (non-hydrogen) atoms. The molecule has 1 aliphatic carbocycles. The monoisotopic (exact) mass is 252 g/mol. The molecule has 0 spiro atoms. The summed E-state index contributed by atoms with van der Waals surface area (Å²) >= 11 is 0. The maximum absolute atomic E-state index is 13.4. The lowest BCUT2D eigenvalue weighted by molar-refractivity contribution is 0.209. The van der Waals surface area contributed by atoms with E-state index in [1.807, 2.05) is 5.32 Å². The first-order valence-electron chi connectivity index (χ1n) is 6.11. The number of nitrogens with one attached hydrogen (secondary N) is 1. The highest BCUT2D eigenvalue weighted by Crippen LogP contribution is 2.35. The van der Waals surface area contributed by atoms with Gasteiger partial charge in [0.25, 0.3) is 0 Å². The summed E-state index contributed by atoms with van der Waals surface area (Å²) in [6.45, 7) is 0. The molecule has 0 saturated heterocycles. The standard InChI is InChI=1S/C13H17FN2O2/c14-10-5-4-9(7-12(10)16-13(17)18)11(15)6-3-8-1-2-8/h4-5,7-8,11,16H,1-3,6,15H2,(H,17,18). The Morgan fingerprint density at radius 2 is 2.28 bits per heavy atom. The average Bonchev–Trinajstić information content (AvgIpc) is 3.12. The van der Waals surface area contributed by atoms with Gasteiger partial charge in [-0.25, -0.2) is 9.18 Å². The third-order valence-corrected chi connectivity index (χ3v) is 3.24. The molecule has 0 bridgehead atoms. The Labute approximate surface area is 105 Å². The van der Waals surface area contributed by atoms with E-state index in [4.69, 9.17) is 10.8 Å². The summed E-state index contributed by atoms with van der Waals surface area (Å²) < 4.78 is 13.4. The predicted molar refractivity (Wildman–Crippen MR) is 66.9 cm³/mol. The van der Waals surface area contributed by atoms with E-state index in [-0.39, 0.29) is 11.7 Å². The summed E-state index contributed by atoms with van der Waals surface area (Å²) in [4.78, 5) is 10.5. The van der Waals surface area contributed by atoms with Crippen molar-refractivity contribution in [3.05, 3.63) is 29.6 Å². The lowest BCUT2D eigenvalue weighted by atomic mass is 10.0. The number of nitrogens with two attached hydrogens (primary N) is 1. The average molecular weight is 252 g/mol. The summed E-state index contributed by atoms with van der Waals surface area (Å²) in [5.74, 6) is 0.212. The fourth-order valence-electron chi connectivity index (χ4n) is 1.97. The van der Waals surface area contributed by atoms with Crippen LogP contribution in [0, 0.1) is 11.7 Å². The van der Waals surface area contributed by atoms with E-state index in [2.05, 4.69) is 0 Å². The molecule has 1 atom stereocenters. The lowest BCUT2D eigenvalue weighted by Gasteiger charge is -2.13. The quantitative estimate of drug-likeness (QED) is 0.753. The number of amides is 1. The molecule has 1 saturated carbocycles. The Morgan fingerprint density at radius 1 is 1.56 bits per heavy atom. The van der Waals surface area contributed by atoms with Crippen LogP contribution in [-0.4, -0.2) is 11.2 Å². The van der Waals surface area contributed by atoms with E-state index in [0.29, 0.717) is 0 Å². The fraction of sp³-hybridized carbons (Fsp3) is 0.462. The highest BCUT2D eigenvalue weighted by molar-refractivity contribution is 5.83. The second-order valence-corrected chi connectivity index (χ2v) is 4.80. The molecule has 1 aromatic rings. The van der Waals surface area contributed by atoms with Gasteiger partial charge >= 0.3 is 6.09 Å². The highest BCUT2D eigenvalue weighted by Gasteiger charge is 2.22. The van der Waals surface area contributed by atoms with Gasteiger partial charge in [0.05, 0.1) is 5.69 Å². The molecule has 0 heterocycles. The van der Waals surface area contributed by atoms with Crippen molar-refractivity contribution in [1.82, 2.24) is 0 Å². The van der Waals surface area contributed by atoms with Crippen LogP contribution in [0.15, 0.2) is 18.2 Å². The third kappa shape index (κ3) is 3.43. The van der Waals surface area contributed by atoms with E-state index in [1.54, 1.807) is 6.07 Å². The zero-order valence-electron chi connectivity index (χ0n) is 10.0. The van der Waals surface area contributed by atoms with E-state index < -0.39 is 11.9 Å². The number of carboxylic acid groups (broad SMARTS) is 1. The Bertz CT molecular complexity index is 447. The Morgan fingerprint density at radius 3 is 2.89 bits per heavy atom. The van der Waals surface area contributed by atoms with Crippen molar-refractivity contribution >= 4 is 11.8 Å². The minimum absolute atomic E-state index is 0.0399. The fourth-order valence-corrected chi connectivity index (χ4v) is 1.97. The molecule has 4 N–H and O–H groups in total. The van der Waals surface area contributed by atoms with Crippen LogP contribution in [0.25, 0.3) is 0 Å². The summed E-state index contributed by atoms with van der Waals surface area (Å²) in [5, 5.41) is 10.6. The third-order valence-electron chi connectivity index (χ3n) is 3.24. The van der Waals surface area contributed by atoms with Gasteiger partial charge in [0.15, 0.2) is 0 Å². The molecule has 4 nitrogen and oxygen atoms in total. The van der Waals surface area contributed by atoms with Gasteiger partial charge in [-0.05, 0) is 36.5 Å². The van der Waals surface area contributed by atoms with E-state index in [0.717, 1.165) is 24.3 Å². The molecular weight excluding hydrogens is 235 g/mol. The van der Waals surface area contributed by atoms with Crippen molar-refractivity contribution in [3.8, 4) is 0 Å². The van der Waals surface area contributed by atoms with Crippen molar-refractivity contribution in [2.24, 2.45) is 11.7 Å². The molecule has 1 aromatic carbocycles. The van der Waals surface area contributed by atoms with E-state index in [9.17, 15) is 9.18 Å². The largest absolute Gasteiger partial charge is 0.465 e. The first-order valence-corrected chi connectivity index (χ1v) is 6.11. The number of hydrogen-bond acceptors (Lipinski definition) is 2. The van der Waals surface area contributed by atoms with Crippen molar-refractivity contribution in [1.29, 1.82) is 0 Å². The maximum Gasteiger partial charge on any atom is 0.409 e. The van der Waals surface area contributed by atoms with Crippen LogP contribution >= 0.6 is 0 Å². The normalized spacial score (nSPS) is 16.3. The van der Waals surface area contributed by atoms with Crippen LogP contribution in [0.5, 0.6) is 0 Å². The van der Waals surface area contributed by atoms with Crippen molar-refractivity contribution in [3.63, 3.8) is 0 Å². The van der Waals surface area contributed by atoms with Gasteiger partial charge in [-0.15, -0.1) is 0 Å². The number of rotatable bonds is 5. The summed E-state index contributed by atoms with van der Waals surface area (Å²) in [6, 6.07) is 4.17. The number of benzene rings is 1. The van der Waals surface area contributed by atoms with Crippen molar-refractivity contribution in [2.45, 2.75) is 31.7 Å². The van der Waals surface area contributed by atoms with Gasteiger partial charge in [-0.2, -0.15) is 0 Å². The lowest BCUT2D eigenvalue weighted by Crippen LogP contribution is -2.13. The second kappa shape index (κ2) is 5.35. The van der Waals surface area contributed by atoms with Gasteiger partial charge in [0.1, 0.15) is 5.82 Å². The second-order valence-electron chi connectivity index (χ2n) is 4.80. The van der Waals surface area contributed by atoms with Gasteiger partial charge in [-0.1, -0.05) is 18.9 Å². The number of anilines is 1. The van der Waals surface area contributed by atoms with Crippen molar-refractivity contribution < 1.29 is 14.3 Å². The minimum atomic E-state index is -1.28. The number of hydrogen-bond donors (Lipinski definition) is 3. The first-order chi connectivity index (χ1) is 8.56. The highest BCUT2D eigenvalue weighted by atomic mass is 19.1. The maximum atomic E-state index is 13.4. The zero-order valence-corrected chi connectivity index (χ0v) is 10.0. The molecule has 98 valence electrons. The molecule has 1 fully saturated rings. The Balaban J connectivity index is 2.04. The van der Waals surface area contributed by atoms with Gasteiger partial charge in [0.2, 0.25) is 0 Å². The summed E-state index contributed by atoms with van der Waals surface area (Å²) in [5.41, 5.74) is 6.75. The minimum Gasteiger partial charge on any atom is -0.465 e. The van der Waals surface area contributed by atoms with Gasteiger partial charge < -0.3 is 10.8 Å². The Kier molecular flexibility index (Phi) is 3.81. The summed E-state index contributed by atoms with van der Waals surface area (Å²) in [7, 11) is 0. The first kappa shape index (κ1) is 12.8. The molecule has 0 aliphatic heterocycles. The van der Waals surface area contributed by atoms with Crippen LogP contribution in [0.4, 0.5) is 14.9 Å². The number of carbonyl (C=O) groups is 1. The molecule has 1 unspecified atom stereocenters. The summed E-state index contributed by atoms with van der Waals surface area (Å²) in [6.07, 6.45) is 3.21. The molecule has 1 aliphatic rings. The van der Waals surface area contributed by atoms with Crippen LogP contribution in [0.3, 0.4) is 0 Å². The van der Waals surface area contributed by atoms with Crippen LogP contribution in [0.2, 0.25) is 0 Å². The molecule has 2 rings (SSSR count). The van der Waals surface area contributed by atoms with Crippen LogP contribution in [0.1, 0.15) is 37.3 Å².